The fourth-order valence-corrected chi connectivity index (χ4v) is 3.40. The minimum Gasteiger partial charge on any atom is -0.399 e. The molecule has 4 heteroatoms. The summed E-state index contributed by atoms with van der Waals surface area (Å²) in [5, 5.41) is 3.04. The van der Waals surface area contributed by atoms with Crippen LogP contribution < -0.4 is 11.1 Å². The van der Waals surface area contributed by atoms with Crippen LogP contribution >= 0.6 is 0 Å². The normalized spacial score (nSPS) is 24.0. The number of benzene rings is 1. The lowest BCUT2D eigenvalue weighted by atomic mass is 10.1. The Balaban J connectivity index is 2.08. The van der Waals surface area contributed by atoms with E-state index < -0.39 is 0 Å². The van der Waals surface area contributed by atoms with Gasteiger partial charge in [0.2, 0.25) is 5.91 Å². The molecule has 0 bridgehead atoms. The number of amides is 1. The Morgan fingerprint density at radius 2 is 2.19 bits per heavy atom. The number of likely N-dealkylation sites (tertiary alicyclic amines) is 1. The van der Waals surface area contributed by atoms with Crippen LogP contribution in [0.2, 0.25) is 0 Å². The highest BCUT2D eigenvalue weighted by atomic mass is 16.2. The summed E-state index contributed by atoms with van der Waals surface area (Å²) in [6.07, 6.45) is 3.47. The smallest absolute Gasteiger partial charge is 0.241 e. The molecule has 0 aromatic heterocycles. The topological polar surface area (TPSA) is 58.4 Å². The maximum Gasteiger partial charge on any atom is 0.241 e. The summed E-state index contributed by atoms with van der Waals surface area (Å²) in [5.41, 5.74) is 8.32. The van der Waals surface area contributed by atoms with Gasteiger partial charge in [-0.2, -0.15) is 0 Å². The summed E-state index contributed by atoms with van der Waals surface area (Å²) in [6.45, 7) is 8.38. The molecule has 4 nitrogen and oxygen atoms in total. The van der Waals surface area contributed by atoms with Gasteiger partial charge in [-0.05, 0) is 63.8 Å². The molecule has 3 atom stereocenters. The average Bonchev–Trinajstić information content (AvgIpc) is 2.82. The van der Waals surface area contributed by atoms with Gasteiger partial charge >= 0.3 is 0 Å². The number of nitrogens with zero attached hydrogens (tertiary/aromatic N) is 1. The van der Waals surface area contributed by atoms with Gasteiger partial charge in [-0.15, -0.1) is 0 Å². The standard InChI is InChI=1S/C17H27N3O/c1-5-15-8-6-12(3)20(15)13(4)17(21)19-16-9-7-14(18)10-11(16)2/h7,9-10,12-13,15H,5-6,8,18H2,1-4H3,(H,19,21). The second kappa shape index (κ2) is 6.48. The van der Waals surface area contributed by atoms with Crippen molar-refractivity contribution >= 4 is 17.3 Å². The molecule has 1 aliphatic heterocycles. The molecule has 3 N–H and O–H groups in total. The van der Waals surface area contributed by atoms with Gasteiger partial charge in [-0.25, -0.2) is 0 Å². The molecule has 0 spiro atoms. The molecule has 1 aromatic rings. The number of nitrogen functional groups attached to an aromatic ring is 1. The molecule has 3 unspecified atom stereocenters. The predicted octanol–water partition coefficient (Wildman–Crippen LogP) is 3.17. The predicted molar refractivity (Wildman–Crippen MR) is 88.3 cm³/mol. The Labute approximate surface area is 127 Å². The first-order valence-corrected chi connectivity index (χ1v) is 7.88. The number of carbonyl (C=O) groups excluding carboxylic acids is 1. The van der Waals surface area contributed by atoms with Gasteiger partial charge in [0.1, 0.15) is 0 Å². The van der Waals surface area contributed by atoms with Gasteiger partial charge in [0, 0.05) is 23.5 Å². The van der Waals surface area contributed by atoms with Gasteiger partial charge in [0.05, 0.1) is 6.04 Å². The Hall–Kier alpha value is -1.55. The Bertz CT molecular complexity index is 515. The van der Waals surface area contributed by atoms with E-state index in [1.54, 1.807) is 0 Å². The van der Waals surface area contributed by atoms with E-state index in [0.717, 1.165) is 23.4 Å². The van der Waals surface area contributed by atoms with Gasteiger partial charge in [-0.1, -0.05) is 6.92 Å². The molecule has 1 fully saturated rings. The maximum atomic E-state index is 12.6. The van der Waals surface area contributed by atoms with Crippen LogP contribution in [0, 0.1) is 6.92 Å². The van der Waals surface area contributed by atoms with E-state index in [2.05, 4.69) is 24.1 Å². The summed E-state index contributed by atoms with van der Waals surface area (Å²) < 4.78 is 0. The van der Waals surface area contributed by atoms with Crippen molar-refractivity contribution in [3.63, 3.8) is 0 Å². The van der Waals surface area contributed by atoms with E-state index in [9.17, 15) is 4.79 Å². The van der Waals surface area contributed by atoms with Gasteiger partial charge < -0.3 is 11.1 Å². The zero-order valence-electron chi connectivity index (χ0n) is 13.5. The molecular weight excluding hydrogens is 262 g/mol. The van der Waals surface area contributed by atoms with Crippen molar-refractivity contribution < 1.29 is 4.79 Å². The van der Waals surface area contributed by atoms with Crippen molar-refractivity contribution in [3.8, 4) is 0 Å². The first-order valence-electron chi connectivity index (χ1n) is 7.88. The quantitative estimate of drug-likeness (QED) is 0.837. The third-order valence-corrected chi connectivity index (χ3v) is 4.65. The first kappa shape index (κ1) is 15.8. The molecule has 0 aliphatic carbocycles. The minimum absolute atomic E-state index is 0.0649. The fourth-order valence-electron chi connectivity index (χ4n) is 3.40. The van der Waals surface area contributed by atoms with Crippen molar-refractivity contribution in [3.05, 3.63) is 23.8 Å². The Morgan fingerprint density at radius 3 is 2.81 bits per heavy atom. The van der Waals surface area contributed by atoms with Crippen LogP contribution in [0.25, 0.3) is 0 Å². The first-order chi connectivity index (χ1) is 9.93. The molecule has 2 rings (SSSR count). The van der Waals surface area contributed by atoms with Crippen molar-refractivity contribution in [2.75, 3.05) is 11.1 Å². The second-order valence-electron chi connectivity index (χ2n) is 6.18. The average molecular weight is 289 g/mol. The largest absolute Gasteiger partial charge is 0.399 e. The van der Waals surface area contributed by atoms with Crippen molar-refractivity contribution in [2.24, 2.45) is 0 Å². The summed E-state index contributed by atoms with van der Waals surface area (Å²) >= 11 is 0. The number of aryl methyl sites for hydroxylation is 1. The highest BCUT2D eigenvalue weighted by Crippen LogP contribution is 2.29. The number of nitrogens with one attached hydrogen (secondary N) is 1. The number of hydrogen-bond acceptors (Lipinski definition) is 3. The van der Waals surface area contributed by atoms with Crippen LogP contribution in [0.5, 0.6) is 0 Å². The highest BCUT2D eigenvalue weighted by Gasteiger charge is 2.35. The molecule has 1 heterocycles. The van der Waals surface area contributed by atoms with Crippen LogP contribution in [-0.2, 0) is 4.79 Å². The van der Waals surface area contributed by atoms with Crippen molar-refractivity contribution in [1.29, 1.82) is 0 Å². The zero-order chi connectivity index (χ0) is 15.6. The molecule has 1 amide bonds. The number of rotatable bonds is 4. The molecule has 116 valence electrons. The zero-order valence-corrected chi connectivity index (χ0v) is 13.5. The van der Waals surface area contributed by atoms with E-state index in [0.29, 0.717) is 12.1 Å². The second-order valence-corrected chi connectivity index (χ2v) is 6.18. The van der Waals surface area contributed by atoms with E-state index in [-0.39, 0.29) is 11.9 Å². The molecular formula is C17H27N3O. The lowest BCUT2D eigenvalue weighted by Gasteiger charge is -2.33. The van der Waals surface area contributed by atoms with Crippen LogP contribution in [0.4, 0.5) is 11.4 Å². The Morgan fingerprint density at radius 1 is 1.48 bits per heavy atom. The van der Waals surface area contributed by atoms with Gasteiger partial charge in [0.15, 0.2) is 0 Å². The molecule has 1 saturated heterocycles. The number of nitrogens with two attached hydrogens (primary N) is 1. The molecule has 1 aromatic carbocycles. The molecule has 21 heavy (non-hydrogen) atoms. The van der Waals surface area contributed by atoms with Crippen LogP contribution in [0.15, 0.2) is 18.2 Å². The molecule has 1 aliphatic rings. The van der Waals surface area contributed by atoms with E-state index in [1.807, 2.05) is 32.0 Å². The minimum atomic E-state index is -0.107. The van der Waals surface area contributed by atoms with Crippen LogP contribution in [0.1, 0.15) is 45.6 Å². The highest BCUT2D eigenvalue weighted by molar-refractivity contribution is 5.95. The SMILES string of the molecule is CCC1CCC(C)N1C(C)C(=O)Nc1ccc(N)cc1C. The fraction of sp³-hybridized carbons (Fsp3) is 0.588. The summed E-state index contributed by atoms with van der Waals surface area (Å²) in [5.74, 6) is 0.0649. The van der Waals surface area contributed by atoms with E-state index in [1.165, 1.54) is 12.8 Å². The molecule has 0 saturated carbocycles. The summed E-state index contributed by atoms with van der Waals surface area (Å²) in [4.78, 5) is 14.9. The summed E-state index contributed by atoms with van der Waals surface area (Å²) in [6, 6.07) is 6.47. The molecule has 0 radical (unpaired) electrons. The van der Waals surface area contributed by atoms with Crippen molar-refractivity contribution in [2.45, 2.75) is 65.1 Å². The van der Waals surface area contributed by atoms with E-state index in [4.69, 9.17) is 5.73 Å². The summed E-state index contributed by atoms with van der Waals surface area (Å²) in [7, 11) is 0. The van der Waals surface area contributed by atoms with E-state index >= 15 is 0 Å². The van der Waals surface area contributed by atoms with Crippen LogP contribution in [-0.4, -0.2) is 28.9 Å². The van der Waals surface area contributed by atoms with Crippen molar-refractivity contribution in [1.82, 2.24) is 4.90 Å². The monoisotopic (exact) mass is 289 g/mol. The third-order valence-electron chi connectivity index (χ3n) is 4.65. The lowest BCUT2D eigenvalue weighted by Crippen LogP contribution is -2.47. The van der Waals surface area contributed by atoms with Gasteiger partial charge in [-0.3, -0.25) is 9.69 Å². The number of anilines is 2. The lowest BCUT2D eigenvalue weighted by molar-refractivity contribution is -0.121. The number of carbonyl (C=O) groups is 1. The van der Waals surface area contributed by atoms with Gasteiger partial charge in [0.25, 0.3) is 0 Å². The third kappa shape index (κ3) is 3.38. The van der Waals surface area contributed by atoms with Crippen LogP contribution in [0.3, 0.4) is 0 Å². The number of hydrogen-bond donors (Lipinski definition) is 2. The Kier molecular flexibility index (Phi) is 4.88. The maximum absolute atomic E-state index is 12.6.